The minimum Gasteiger partial charge on any atom is -0.497 e. The standard InChI is InChI=1S/C22H26N2O4S/c1-15(25)28-20-21(16-9-11-17(27-4)12-10-16)29-19-8-6-5-7-18(19)24(22(20)26)14-13-23(2)3/h5-12,20-21H,13-14H2,1-4H3/t20-,21+/m1/s1/i2D3,3D3. The number of benzene rings is 2. The van der Waals surface area contributed by atoms with Crippen LogP contribution in [-0.4, -0.2) is 57.0 Å². The molecule has 1 aliphatic rings. The molecule has 1 amide bonds. The van der Waals surface area contributed by atoms with E-state index in [9.17, 15) is 9.59 Å². The summed E-state index contributed by atoms with van der Waals surface area (Å²) in [5.74, 6) is -0.603. The fraction of sp³-hybridized carbons (Fsp3) is 0.364. The average Bonchev–Trinajstić information content (AvgIpc) is 2.87. The van der Waals surface area contributed by atoms with E-state index in [0.29, 0.717) is 21.2 Å². The van der Waals surface area contributed by atoms with E-state index in [1.54, 1.807) is 48.5 Å². The van der Waals surface area contributed by atoms with Crippen molar-refractivity contribution in [3.05, 3.63) is 54.1 Å². The fourth-order valence-corrected chi connectivity index (χ4v) is 4.46. The van der Waals surface area contributed by atoms with Crippen molar-refractivity contribution in [2.45, 2.75) is 23.2 Å². The molecular weight excluding hydrogens is 388 g/mol. The Labute approximate surface area is 184 Å². The van der Waals surface area contributed by atoms with Crippen molar-refractivity contribution in [1.29, 1.82) is 0 Å². The summed E-state index contributed by atoms with van der Waals surface area (Å²) in [4.78, 5) is 28.1. The summed E-state index contributed by atoms with van der Waals surface area (Å²) in [5, 5.41) is -0.607. The van der Waals surface area contributed by atoms with Crippen molar-refractivity contribution in [3.8, 4) is 5.75 Å². The molecule has 3 rings (SSSR count). The highest BCUT2D eigenvalue weighted by atomic mass is 32.2. The number of para-hydroxylation sites is 1. The second kappa shape index (κ2) is 9.33. The zero-order valence-corrected chi connectivity index (χ0v) is 16.9. The van der Waals surface area contributed by atoms with Crippen LogP contribution in [0.4, 0.5) is 5.69 Å². The normalized spacial score (nSPS) is 22.9. The maximum absolute atomic E-state index is 13.8. The van der Waals surface area contributed by atoms with Gasteiger partial charge in [-0.2, -0.15) is 0 Å². The van der Waals surface area contributed by atoms with Gasteiger partial charge in [-0.25, -0.2) is 0 Å². The largest absolute Gasteiger partial charge is 0.497 e. The first-order valence-corrected chi connectivity index (χ1v) is 9.87. The Kier molecular flexibility index (Phi) is 4.65. The van der Waals surface area contributed by atoms with Gasteiger partial charge in [-0.3, -0.25) is 9.59 Å². The van der Waals surface area contributed by atoms with Crippen LogP contribution < -0.4 is 9.64 Å². The highest BCUT2D eigenvalue weighted by Crippen LogP contribution is 2.46. The lowest BCUT2D eigenvalue weighted by Crippen LogP contribution is -2.45. The third kappa shape index (κ3) is 4.92. The molecule has 0 bridgehead atoms. The number of rotatable bonds is 6. The Bertz CT molecular complexity index is 1050. The molecule has 2 atom stereocenters. The van der Waals surface area contributed by atoms with Crippen LogP contribution in [0.1, 0.15) is 26.0 Å². The van der Waals surface area contributed by atoms with E-state index in [1.165, 1.54) is 30.7 Å². The molecule has 2 aromatic rings. The monoisotopic (exact) mass is 420 g/mol. The number of ether oxygens (including phenoxy) is 2. The van der Waals surface area contributed by atoms with Crippen molar-refractivity contribution >= 4 is 29.3 Å². The van der Waals surface area contributed by atoms with E-state index in [0.717, 1.165) is 5.56 Å². The minimum absolute atomic E-state index is 0.236. The van der Waals surface area contributed by atoms with Crippen LogP contribution in [0.2, 0.25) is 0 Å². The summed E-state index contributed by atoms with van der Waals surface area (Å²) in [7, 11) is 1.54. The number of likely N-dealkylation sites (N-methyl/N-ethyl adjacent to an activating group) is 1. The number of hydrogen-bond donors (Lipinski definition) is 0. The summed E-state index contributed by atoms with van der Waals surface area (Å²) in [5.41, 5.74) is 1.20. The Morgan fingerprint density at radius 1 is 1.21 bits per heavy atom. The Balaban J connectivity index is 2.04. The maximum Gasteiger partial charge on any atom is 0.303 e. The average molecular weight is 421 g/mol. The number of methoxy groups -OCH3 is 1. The molecular formula is C22H26N2O4S. The van der Waals surface area contributed by atoms with Crippen molar-refractivity contribution < 1.29 is 27.3 Å². The second-order valence-electron chi connectivity index (χ2n) is 6.45. The number of carbonyl (C=O) groups excluding carboxylic acids is 2. The summed E-state index contributed by atoms with van der Waals surface area (Å²) in [6.07, 6.45) is -1.23. The molecule has 7 heteroatoms. The maximum atomic E-state index is 13.8. The van der Waals surface area contributed by atoms with Crippen LogP contribution in [0.3, 0.4) is 0 Å². The van der Waals surface area contributed by atoms with Crippen LogP contribution in [-0.2, 0) is 14.3 Å². The molecule has 0 saturated heterocycles. The van der Waals surface area contributed by atoms with E-state index in [1.807, 2.05) is 0 Å². The summed E-state index contributed by atoms with van der Waals surface area (Å²) in [6.45, 7) is -5.26. The van der Waals surface area contributed by atoms with Gasteiger partial charge in [0.15, 0.2) is 6.10 Å². The Morgan fingerprint density at radius 2 is 1.93 bits per heavy atom. The van der Waals surface area contributed by atoms with Crippen LogP contribution >= 0.6 is 11.8 Å². The Hall–Kier alpha value is -2.51. The van der Waals surface area contributed by atoms with Crippen LogP contribution in [0.5, 0.6) is 5.75 Å². The molecule has 0 unspecified atom stereocenters. The molecule has 6 nitrogen and oxygen atoms in total. The molecule has 0 aromatic heterocycles. The van der Waals surface area contributed by atoms with Gasteiger partial charge in [0.05, 0.1) is 18.0 Å². The van der Waals surface area contributed by atoms with Gasteiger partial charge in [-0.15, -0.1) is 11.8 Å². The van der Waals surface area contributed by atoms with Crippen molar-refractivity contribution in [2.24, 2.45) is 0 Å². The highest BCUT2D eigenvalue weighted by Gasteiger charge is 2.40. The van der Waals surface area contributed by atoms with Crippen molar-refractivity contribution in [3.63, 3.8) is 0 Å². The van der Waals surface area contributed by atoms with E-state index in [-0.39, 0.29) is 6.54 Å². The molecule has 154 valence electrons. The lowest BCUT2D eigenvalue weighted by Gasteiger charge is -2.28. The number of nitrogens with zero attached hydrogens (tertiary/aromatic N) is 2. The lowest BCUT2D eigenvalue weighted by molar-refractivity contribution is -0.152. The molecule has 0 radical (unpaired) electrons. The first-order valence-electron chi connectivity index (χ1n) is 12.0. The van der Waals surface area contributed by atoms with Gasteiger partial charge in [-0.1, -0.05) is 24.3 Å². The number of thioether (sulfide) groups is 1. The third-order valence-electron chi connectivity index (χ3n) is 4.48. The van der Waals surface area contributed by atoms with E-state index in [2.05, 4.69) is 0 Å². The lowest BCUT2D eigenvalue weighted by atomic mass is 10.1. The summed E-state index contributed by atoms with van der Waals surface area (Å²) >= 11 is 1.33. The minimum atomic E-state index is -2.89. The molecule has 0 spiro atoms. The summed E-state index contributed by atoms with van der Waals surface area (Å²) in [6, 6.07) is 14.1. The van der Waals surface area contributed by atoms with E-state index in [4.69, 9.17) is 17.7 Å². The van der Waals surface area contributed by atoms with Gasteiger partial charge in [-0.05, 0) is 43.8 Å². The highest BCUT2D eigenvalue weighted by molar-refractivity contribution is 7.99. The van der Waals surface area contributed by atoms with Gasteiger partial charge in [0.1, 0.15) is 5.75 Å². The zero-order chi connectivity index (χ0) is 26.0. The van der Waals surface area contributed by atoms with Crippen LogP contribution in [0.15, 0.2) is 53.4 Å². The molecule has 29 heavy (non-hydrogen) atoms. The number of carbonyl (C=O) groups is 2. The zero-order valence-electron chi connectivity index (χ0n) is 22.1. The first-order chi connectivity index (χ1) is 16.3. The van der Waals surface area contributed by atoms with Gasteiger partial charge < -0.3 is 19.3 Å². The topological polar surface area (TPSA) is 59.1 Å². The second-order valence-corrected chi connectivity index (χ2v) is 7.63. The number of hydrogen-bond acceptors (Lipinski definition) is 6. The fourth-order valence-electron chi connectivity index (χ4n) is 3.14. The van der Waals surface area contributed by atoms with Gasteiger partial charge in [0.2, 0.25) is 0 Å². The van der Waals surface area contributed by atoms with E-state index < -0.39 is 43.7 Å². The third-order valence-corrected chi connectivity index (χ3v) is 5.85. The predicted octanol–water partition coefficient (Wildman–Crippen LogP) is 3.37. The molecule has 1 heterocycles. The van der Waals surface area contributed by atoms with E-state index >= 15 is 0 Å². The van der Waals surface area contributed by atoms with Crippen LogP contribution in [0.25, 0.3) is 0 Å². The van der Waals surface area contributed by atoms with Gasteiger partial charge in [0.25, 0.3) is 5.91 Å². The number of amides is 1. The molecule has 2 aromatic carbocycles. The van der Waals surface area contributed by atoms with Crippen molar-refractivity contribution in [1.82, 2.24) is 4.90 Å². The first kappa shape index (κ1) is 14.5. The molecule has 0 saturated carbocycles. The molecule has 0 N–H and O–H groups in total. The smallest absolute Gasteiger partial charge is 0.303 e. The molecule has 1 aliphatic heterocycles. The van der Waals surface area contributed by atoms with Crippen LogP contribution in [0, 0.1) is 0 Å². The molecule has 0 aliphatic carbocycles. The predicted molar refractivity (Wildman–Crippen MR) is 114 cm³/mol. The SMILES string of the molecule is [2H]C([2H])([2H])N(CCN1C(=O)[C@H](OC(C)=O)[C@H](c2ccc(OC)cc2)Sc2ccccc21)C([2H])([2H])[2H]. The number of anilines is 1. The number of esters is 1. The quantitative estimate of drug-likeness (QED) is 0.668. The molecule has 0 fully saturated rings. The van der Waals surface area contributed by atoms with Gasteiger partial charge in [0, 0.05) is 33.1 Å². The Morgan fingerprint density at radius 3 is 2.59 bits per heavy atom. The summed E-state index contributed by atoms with van der Waals surface area (Å²) < 4.78 is 56.4. The van der Waals surface area contributed by atoms with Crippen molar-refractivity contribution in [2.75, 3.05) is 39.1 Å². The van der Waals surface area contributed by atoms with Gasteiger partial charge >= 0.3 is 5.97 Å². The number of fused-ring (bicyclic) bond motifs is 1.